The molecular weight excluding hydrogens is 360 g/mol. The van der Waals surface area contributed by atoms with Crippen LogP contribution in [0.3, 0.4) is 0 Å². The minimum Gasteiger partial charge on any atom is -0.497 e. The SMILES string of the molecule is COc1ccc2c(c1)[C@H]1[C@H](CCN1S(=O)(=O)c1ccccc1)[C@H]1CCCN21. The van der Waals surface area contributed by atoms with Crippen molar-refractivity contribution in [3.8, 4) is 5.75 Å². The highest BCUT2D eigenvalue weighted by atomic mass is 32.2. The Balaban J connectivity index is 1.64. The molecule has 0 N–H and O–H groups in total. The molecule has 2 aromatic rings. The Bertz CT molecular complexity index is 961. The maximum Gasteiger partial charge on any atom is 0.243 e. The second-order valence-electron chi connectivity index (χ2n) is 7.65. The first-order valence-corrected chi connectivity index (χ1v) is 11.1. The van der Waals surface area contributed by atoms with Crippen molar-refractivity contribution in [2.45, 2.75) is 36.2 Å². The Morgan fingerprint density at radius 2 is 1.85 bits per heavy atom. The third-order valence-corrected chi connectivity index (χ3v) is 8.30. The molecule has 2 aromatic carbocycles. The second-order valence-corrected chi connectivity index (χ2v) is 9.54. The zero-order valence-corrected chi connectivity index (χ0v) is 16.2. The van der Waals surface area contributed by atoms with Gasteiger partial charge in [-0.2, -0.15) is 4.31 Å². The van der Waals surface area contributed by atoms with E-state index in [1.165, 1.54) is 12.1 Å². The first-order valence-electron chi connectivity index (χ1n) is 9.63. The molecular formula is C21H24N2O3S. The molecule has 0 aromatic heterocycles. The number of fused-ring (bicyclic) bond motifs is 6. The highest BCUT2D eigenvalue weighted by Gasteiger charge is 2.51. The summed E-state index contributed by atoms with van der Waals surface area (Å²) in [4.78, 5) is 2.87. The fourth-order valence-electron chi connectivity index (χ4n) is 5.27. The van der Waals surface area contributed by atoms with Gasteiger partial charge < -0.3 is 9.64 Å². The number of nitrogens with zero attached hydrogens (tertiary/aromatic N) is 2. The zero-order valence-electron chi connectivity index (χ0n) is 15.4. The number of rotatable bonds is 3. The van der Waals surface area contributed by atoms with E-state index in [0.29, 0.717) is 23.4 Å². The Labute approximate surface area is 160 Å². The van der Waals surface area contributed by atoms with Crippen molar-refractivity contribution in [1.29, 1.82) is 0 Å². The van der Waals surface area contributed by atoms with Gasteiger partial charge in [0, 0.05) is 30.7 Å². The topological polar surface area (TPSA) is 49.9 Å². The lowest BCUT2D eigenvalue weighted by Gasteiger charge is -2.43. The summed E-state index contributed by atoms with van der Waals surface area (Å²) in [7, 11) is -1.87. The van der Waals surface area contributed by atoms with Crippen LogP contribution in [0.2, 0.25) is 0 Å². The van der Waals surface area contributed by atoms with Crippen LogP contribution < -0.4 is 9.64 Å². The van der Waals surface area contributed by atoms with Gasteiger partial charge in [-0.3, -0.25) is 0 Å². The number of hydrogen-bond donors (Lipinski definition) is 0. The van der Waals surface area contributed by atoms with Crippen molar-refractivity contribution >= 4 is 15.7 Å². The van der Waals surface area contributed by atoms with Crippen LogP contribution in [0.1, 0.15) is 30.9 Å². The molecule has 0 aliphatic carbocycles. The van der Waals surface area contributed by atoms with Crippen molar-refractivity contribution in [3.05, 3.63) is 54.1 Å². The predicted molar refractivity (Wildman–Crippen MR) is 105 cm³/mol. The van der Waals surface area contributed by atoms with Crippen LogP contribution >= 0.6 is 0 Å². The third-order valence-electron chi connectivity index (χ3n) is 6.40. The lowest BCUT2D eigenvalue weighted by molar-refractivity contribution is 0.293. The molecule has 0 amide bonds. The number of anilines is 1. The Morgan fingerprint density at radius 3 is 2.63 bits per heavy atom. The standard InChI is InChI=1S/C21H24N2O3S/c1-26-15-9-10-20-18(14-15)21-17(19-8-5-12-22(19)20)11-13-23(21)27(24,25)16-6-3-2-4-7-16/h2-4,6-7,9-10,14,17,19,21H,5,8,11-13H2,1H3/t17-,19-,21-/m1/s1. The molecule has 5 rings (SSSR count). The molecule has 3 heterocycles. The predicted octanol–water partition coefficient (Wildman–Crippen LogP) is 3.43. The smallest absolute Gasteiger partial charge is 0.243 e. The van der Waals surface area contributed by atoms with Gasteiger partial charge in [-0.05, 0) is 55.2 Å². The largest absolute Gasteiger partial charge is 0.497 e. The molecule has 3 aliphatic rings. The summed E-state index contributed by atoms with van der Waals surface area (Å²) in [6.07, 6.45) is 3.23. The summed E-state index contributed by atoms with van der Waals surface area (Å²) in [5, 5.41) is 0. The minimum absolute atomic E-state index is 0.111. The van der Waals surface area contributed by atoms with Crippen LogP contribution in [0.25, 0.3) is 0 Å². The van der Waals surface area contributed by atoms with Gasteiger partial charge in [0.15, 0.2) is 0 Å². The van der Waals surface area contributed by atoms with Gasteiger partial charge in [-0.15, -0.1) is 0 Å². The van der Waals surface area contributed by atoms with Crippen molar-refractivity contribution < 1.29 is 13.2 Å². The molecule has 5 nitrogen and oxygen atoms in total. The van der Waals surface area contributed by atoms with E-state index in [0.717, 1.165) is 30.7 Å². The summed E-state index contributed by atoms with van der Waals surface area (Å²) in [6, 6.07) is 15.3. The summed E-state index contributed by atoms with van der Waals surface area (Å²) >= 11 is 0. The van der Waals surface area contributed by atoms with E-state index in [4.69, 9.17) is 4.74 Å². The van der Waals surface area contributed by atoms with Crippen LogP contribution in [-0.2, 0) is 10.0 Å². The summed E-state index contributed by atoms with van der Waals surface area (Å²) in [6.45, 7) is 1.63. The third kappa shape index (κ3) is 2.50. The molecule has 3 atom stereocenters. The van der Waals surface area contributed by atoms with Crippen LogP contribution in [0, 0.1) is 5.92 Å². The normalized spacial score (nSPS) is 27.1. The number of ether oxygens (including phenoxy) is 1. The van der Waals surface area contributed by atoms with E-state index in [1.807, 2.05) is 18.2 Å². The molecule has 0 spiro atoms. The quantitative estimate of drug-likeness (QED) is 0.814. The average molecular weight is 385 g/mol. The van der Waals surface area contributed by atoms with Crippen molar-refractivity contribution in [2.24, 2.45) is 5.92 Å². The number of sulfonamides is 1. The lowest BCUT2D eigenvalue weighted by Crippen LogP contribution is -2.45. The summed E-state index contributed by atoms with van der Waals surface area (Å²) in [5.41, 5.74) is 2.27. The molecule has 0 bridgehead atoms. The van der Waals surface area contributed by atoms with Crippen LogP contribution in [0.5, 0.6) is 5.75 Å². The summed E-state index contributed by atoms with van der Waals surface area (Å²) in [5.74, 6) is 1.12. The van der Waals surface area contributed by atoms with E-state index in [1.54, 1.807) is 35.7 Å². The minimum atomic E-state index is -3.53. The fraction of sp³-hybridized carbons (Fsp3) is 0.429. The van der Waals surface area contributed by atoms with Crippen molar-refractivity contribution in [2.75, 3.05) is 25.1 Å². The van der Waals surface area contributed by atoms with Crippen LogP contribution in [0.15, 0.2) is 53.4 Å². The van der Waals surface area contributed by atoms with E-state index in [9.17, 15) is 8.42 Å². The molecule has 0 radical (unpaired) electrons. The maximum absolute atomic E-state index is 13.4. The van der Waals surface area contributed by atoms with Gasteiger partial charge in [0.05, 0.1) is 18.0 Å². The van der Waals surface area contributed by atoms with E-state index in [2.05, 4.69) is 11.0 Å². The Kier molecular flexibility index (Phi) is 3.95. The highest BCUT2D eigenvalue weighted by molar-refractivity contribution is 7.89. The first-order chi connectivity index (χ1) is 13.1. The van der Waals surface area contributed by atoms with E-state index < -0.39 is 10.0 Å². The molecule has 0 saturated carbocycles. The second kappa shape index (κ2) is 6.24. The van der Waals surface area contributed by atoms with Gasteiger partial charge in [-0.1, -0.05) is 18.2 Å². The zero-order chi connectivity index (χ0) is 18.6. The number of methoxy groups -OCH3 is 1. The number of benzene rings is 2. The van der Waals surface area contributed by atoms with Gasteiger partial charge in [0.25, 0.3) is 0 Å². The van der Waals surface area contributed by atoms with Gasteiger partial charge in [0.1, 0.15) is 5.75 Å². The Hall–Kier alpha value is -2.05. The van der Waals surface area contributed by atoms with E-state index >= 15 is 0 Å². The lowest BCUT2D eigenvalue weighted by atomic mass is 9.82. The molecule has 3 aliphatic heterocycles. The van der Waals surface area contributed by atoms with Crippen LogP contribution in [-0.4, -0.2) is 39.0 Å². The number of hydrogen-bond acceptors (Lipinski definition) is 4. The molecule has 0 unspecified atom stereocenters. The maximum atomic E-state index is 13.4. The molecule has 6 heteroatoms. The first kappa shape index (κ1) is 17.1. The highest BCUT2D eigenvalue weighted by Crippen LogP contribution is 2.53. The van der Waals surface area contributed by atoms with E-state index in [-0.39, 0.29) is 6.04 Å². The fourth-order valence-corrected chi connectivity index (χ4v) is 6.95. The van der Waals surface area contributed by atoms with Gasteiger partial charge in [0.2, 0.25) is 10.0 Å². The van der Waals surface area contributed by atoms with Crippen LogP contribution in [0.4, 0.5) is 5.69 Å². The average Bonchev–Trinajstić information content (AvgIpc) is 3.35. The Morgan fingerprint density at radius 1 is 1.04 bits per heavy atom. The molecule has 142 valence electrons. The van der Waals surface area contributed by atoms with Crippen molar-refractivity contribution in [3.63, 3.8) is 0 Å². The molecule has 2 fully saturated rings. The van der Waals surface area contributed by atoms with Gasteiger partial charge in [-0.25, -0.2) is 8.42 Å². The van der Waals surface area contributed by atoms with Gasteiger partial charge >= 0.3 is 0 Å². The molecule has 27 heavy (non-hydrogen) atoms. The van der Waals surface area contributed by atoms with Crippen molar-refractivity contribution in [1.82, 2.24) is 4.31 Å². The summed E-state index contributed by atoms with van der Waals surface area (Å²) < 4.78 is 34.0. The molecule has 2 saturated heterocycles. The monoisotopic (exact) mass is 384 g/mol.